The first kappa shape index (κ1) is 11.0. The zero-order valence-corrected chi connectivity index (χ0v) is 9.23. The molecule has 0 aromatic carbocycles. The van der Waals surface area contributed by atoms with Gasteiger partial charge in [-0.3, -0.25) is 0 Å². The number of hydrogen-bond donors (Lipinski definition) is 1. The van der Waals surface area contributed by atoms with Crippen LogP contribution in [0.5, 0.6) is 0 Å². The van der Waals surface area contributed by atoms with Crippen LogP contribution < -0.4 is 5.32 Å². The number of halogens is 1. The van der Waals surface area contributed by atoms with Crippen LogP contribution in [0.2, 0.25) is 5.15 Å². The predicted molar refractivity (Wildman–Crippen MR) is 59.8 cm³/mol. The number of rotatable bonds is 4. The molecule has 1 rings (SSSR count). The highest BCUT2D eigenvalue weighted by molar-refractivity contribution is 6.30. The predicted octanol–water partition coefficient (Wildman–Crippen LogP) is 2.60. The van der Waals surface area contributed by atoms with Crippen LogP contribution in [0.25, 0.3) is 0 Å². The molecule has 1 heterocycles. The zero-order chi connectivity index (χ0) is 10.6. The Morgan fingerprint density at radius 3 is 2.79 bits per heavy atom. The second kappa shape index (κ2) is 4.96. The molecule has 0 unspecified atom stereocenters. The number of nitrogens with one attached hydrogen (secondary N) is 1. The zero-order valence-electron chi connectivity index (χ0n) is 8.47. The summed E-state index contributed by atoms with van der Waals surface area (Å²) in [6.45, 7) is 8.20. The Kier molecular flexibility index (Phi) is 3.89. The lowest BCUT2D eigenvalue weighted by Crippen LogP contribution is -2.06. The fraction of sp³-hybridized carbons (Fsp3) is 0.400. The van der Waals surface area contributed by atoms with Gasteiger partial charge in [-0.2, -0.15) is 0 Å². The molecule has 14 heavy (non-hydrogen) atoms. The van der Waals surface area contributed by atoms with Gasteiger partial charge in [0.15, 0.2) is 0 Å². The first-order chi connectivity index (χ1) is 6.69. The van der Waals surface area contributed by atoms with Crippen molar-refractivity contribution in [2.24, 2.45) is 0 Å². The monoisotopic (exact) mass is 211 g/mol. The van der Waals surface area contributed by atoms with E-state index in [-0.39, 0.29) is 0 Å². The Morgan fingerprint density at radius 2 is 2.21 bits per heavy atom. The highest BCUT2D eigenvalue weighted by Crippen LogP contribution is 2.19. The molecule has 76 valence electrons. The molecule has 3 nitrogen and oxygen atoms in total. The number of hydrogen-bond acceptors (Lipinski definition) is 3. The number of anilines is 1. The number of aromatic nitrogens is 2. The van der Waals surface area contributed by atoms with E-state index in [4.69, 9.17) is 11.6 Å². The number of aryl methyl sites for hydroxylation is 1. The lowest BCUT2D eigenvalue weighted by atomic mass is 10.3. The normalized spacial score (nSPS) is 9.93. The minimum absolute atomic E-state index is 0.517. The molecule has 0 amide bonds. The van der Waals surface area contributed by atoms with E-state index in [1.54, 1.807) is 6.08 Å². The minimum atomic E-state index is 0.517. The lowest BCUT2D eigenvalue weighted by molar-refractivity contribution is 0.929. The van der Waals surface area contributed by atoms with Gasteiger partial charge in [0.1, 0.15) is 16.8 Å². The summed E-state index contributed by atoms with van der Waals surface area (Å²) in [5.41, 5.74) is 0.880. The average molecular weight is 212 g/mol. The van der Waals surface area contributed by atoms with E-state index in [1.165, 1.54) is 0 Å². The third kappa shape index (κ3) is 2.45. The fourth-order valence-corrected chi connectivity index (χ4v) is 1.22. The summed E-state index contributed by atoms with van der Waals surface area (Å²) < 4.78 is 0. The van der Waals surface area contributed by atoms with Gasteiger partial charge < -0.3 is 5.32 Å². The van der Waals surface area contributed by atoms with E-state index in [0.717, 1.165) is 23.6 Å². The number of nitrogens with zero attached hydrogens (tertiary/aromatic N) is 2. The standard InChI is InChI=1S/C10H14ClN3/c1-4-6-12-10-7(3)9(11)13-8(5-2)14-10/h4H,1,5-6H2,2-3H3,(H,12,13,14). The van der Waals surface area contributed by atoms with E-state index in [9.17, 15) is 0 Å². The Balaban J connectivity index is 3.00. The van der Waals surface area contributed by atoms with Crippen molar-refractivity contribution in [3.63, 3.8) is 0 Å². The summed E-state index contributed by atoms with van der Waals surface area (Å²) in [5, 5.41) is 3.64. The van der Waals surface area contributed by atoms with Crippen LogP contribution in [-0.2, 0) is 6.42 Å². The van der Waals surface area contributed by atoms with E-state index in [1.807, 2.05) is 13.8 Å². The highest BCUT2D eigenvalue weighted by Gasteiger charge is 2.06. The van der Waals surface area contributed by atoms with Crippen LogP contribution in [0.4, 0.5) is 5.82 Å². The Bertz CT molecular complexity index is 336. The first-order valence-electron chi connectivity index (χ1n) is 4.56. The van der Waals surface area contributed by atoms with Crippen LogP contribution in [0.15, 0.2) is 12.7 Å². The molecular formula is C10H14ClN3. The molecule has 0 spiro atoms. The summed E-state index contributed by atoms with van der Waals surface area (Å²) in [6.07, 6.45) is 2.56. The minimum Gasteiger partial charge on any atom is -0.366 e. The molecular weight excluding hydrogens is 198 g/mol. The van der Waals surface area contributed by atoms with Crippen LogP contribution in [0.1, 0.15) is 18.3 Å². The Hall–Kier alpha value is -1.09. The summed E-state index contributed by atoms with van der Waals surface area (Å²) in [7, 11) is 0. The smallest absolute Gasteiger partial charge is 0.137 e. The molecule has 4 heteroatoms. The van der Waals surface area contributed by atoms with Crippen LogP contribution in [0, 0.1) is 6.92 Å². The van der Waals surface area contributed by atoms with Crippen molar-refractivity contribution in [3.8, 4) is 0 Å². The van der Waals surface area contributed by atoms with Gasteiger partial charge in [-0.1, -0.05) is 24.6 Å². The summed E-state index contributed by atoms with van der Waals surface area (Å²) >= 11 is 5.96. The molecule has 0 aliphatic heterocycles. The maximum Gasteiger partial charge on any atom is 0.137 e. The van der Waals surface area contributed by atoms with Gasteiger partial charge in [-0.25, -0.2) is 9.97 Å². The second-order valence-corrected chi connectivity index (χ2v) is 3.29. The maximum atomic E-state index is 5.96. The Morgan fingerprint density at radius 1 is 1.50 bits per heavy atom. The van der Waals surface area contributed by atoms with Crippen LogP contribution in [-0.4, -0.2) is 16.5 Å². The molecule has 1 aromatic rings. The van der Waals surface area contributed by atoms with Crippen molar-refractivity contribution >= 4 is 17.4 Å². The Labute approximate surface area is 89.2 Å². The largest absolute Gasteiger partial charge is 0.366 e. The quantitative estimate of drug-likeness (QED) is 0.615. The average Bonchev–Trinajstić information content (AvgIpc) is 2.20. The lowest BCUT2D eigenvalue weighted by Gasteiger charge is -2.08. The third-order valence-corrected chi connectivity index (χ3v) is 2.23. The van der Waals surface area contributed by atoms with E-state index >= 15 is 0 Å². The van der Waals surface area contributed by atoms with E-state index in [2.05, 4.69) is 21.9 Å². The summed E-state index contributed by atoms with van der Waals surface area (Å²) in [5.74, 6) is 1.55. The molecule has 1 aromatic heterocycles. The molecule has 0 atom stereocenters. The molecule has 0 saturated heterocycles. The summed E-state index contributed by atoms with van der Waals surface area (Å²) in [6, 6.07) is 0. The molecule has 0 bridgehead atoms. The molecule has 0 aliphatic rings. The molecule has 0 aliphatic carbocycles. The molecule has 0 radical (unpaired) electrons. The van der Waals surface area contributed by atoms with Gasteiger partial charge >= 0.3 is 0 Å². The second-order valence-electron chi connectivity index (χ2n) is 2.93. The molecule has 0 fully saturated rings. The summed E-state index contributed by atoms with van der Waals surface area (Å²) in [4.78, 5) is 8.48. The SMILES string of the molecule is C=CCNc1nc(CC)nc(Cl)c1C. The van der Waals surface area contributed by atoms with E-state index in [0.29, 0.717) is 11.7 Å². The van der Waals surface area contributed by atoms with Gasteiger partial charge in [0.25, 0.3) is 0 Å². The van der Waals surface area contributed by atoms with Gasteiger partial charge in [0.2, 0.25) is 0 Å². The van der Waals surface area contributed by atoms with Gasteiger partial charge in [-0.05, 0) is 6.92 Å². The van der Waals surface area contributed by atoms with Crippen molar-refractivity contribution in [3.05, 3.63) is 29.2 Å². The van der Waals surface area contributed by atoms with Crippen LogP contribution >= 0.6 is 11.6 Å². The van der Waals surface area contributed by atoms with E-state index < -0.39 is 0 Å². The van der Waals surface area contributed by atoms with Gasteiger partial charge in [0, 0.05) is 18.5 Å². The van der Waals surface area contributed by atoms with Gasteiger partial charge in [-0.15, -0.1) is 6.58 Å². The highest BCUT2D eigenvalue weighted by atomic mass is 35.5. The van der Waals surface area contributed by atoms with Crippen molar-refractivity contribution in [1.29, 1.82) is 0 Å². The van der Waals surface area contributed by atoms with Crippen molar-refractivity contribution in [1.82, 2.24) is 9.97 Å². The fourth-order valence-electron chi connectivity index (χ4n) is 1.03. The van der Waals surface area contributed by atoms with Crippen LogP contribution in [0.3, 0.4) is 0 Å². The van der Waals surface area contributed by atoms with Gasteiger partial charge in [0.05, 0.1) is 0 Å². The molecule has 0 saturated carbocycles. The van der Waals surface area contributed by atoms with Crippen molar-refractivity contribution in [2.75, 3.05) is 11.9 Å². The van der Waals surface area contributed by atoms with Crippen molar-refractivity contribution < 1.29 is 0 Å². The maximum absolute atomic E-state index is 5.96. The topological polar surface area (TPSA) is 37.8 Å². The molecule has 1 N–H and O–H groups in total. The third-order valence-electron chi connectivity index (χ3n) is 1.86. The first-order valence-corrected chi connectivity index (χ1v) is 4.94. The van der Waals surface area contributed by atoms with Crippen molar-refractivity contribution in [2.45, 2.75) is 20.3 Å².